The van der Waals surface area contributed by atoms with E-state index in [4.69, 9.17) is 0 Å². The summed E-state index contributed by atoms with van der Waals surface area (Å²) in [7, 11) is 0. The first-order valence-corrected chi connectivity index (χ1v) is 7.38. The minimum absolute atomic E-state index is 0. The van der Waals surface area contributed by atoms with E-state index in [2.05, 4.69) is 59.8 Å². The number of guanidine groups is 1. The Labute approximate surface area is 139 Å². The summed E-state index contributed by atoms with van der Waals surface area (Å²) in [6.45, 7) is 7.45. The summed E-state index contributed by atoms with van der Waals surface area (Å²) in [5.41, 5.74) is 1.62. The number of halogens is 1. The van der Waals surface area contributed by atoms with E-state index in [0.29, 0.717) is 0 Å². The second-order valence-corrected chi connectivity index (χ2v) is 5.22. The van der Waals surface area contributed by atoms with Gasteiger partial charge in [0, 0.05) is 25.0 Å². The lowest BCUT2D eigenvalue weighted by atomic mass is 9.76. The Morgan fingerprint density at radius 2 is 1.90 bits per heavy atom. The minimum atomic E-state index is 0. The average Bonchev–Trinajstić information content (AvgIpc) is 2.51. The van der Waals surface area contributed by atoms with Crippen LogP contribution in [0.15, 0.2) is 35.3 Å². The van der Waals surface area contributed by atoms with Crippen molar-refractivity contribution in [1.82, 2.24) is 10.6 Å². The van der Waals surface area contributed by atoms with Crippen LogP contribution in [0.25, 0.3) is 0 Å². The molecule has 0 fully saturated rings. The lowest BCUT2D eigenvalue weighted by molar-refractivity contribution is 0.389. The van der Waals surface area contributed by atoms with Crippen molar-refractivity contribution < 1.29 is 0 Å². The predicted octanol–water partition coefficient (Wildman–Crippen LogP) is 3.30. The van der Waals surface area contributed by atoms with Gasteiger partial charge in [0.2, 0.25) is 0 Å². The highest BCUT2D eigenvalue weighted by Crippen LogP contribution is 2.30. The number of nitrogens with zero attached hydrogens (tertiary/aromatic N) is 1. The van der Waals surface area contributed by atoms with Crippen LogP contribution in [0.3, 0.4) is 0 Å². The Morgan fingerprint density at radius 3 is 2.45 bits per heavy atom. The van der Waals surface area contributed by atoms with E-state index in [1.54, 1.807) is 0 Å². The summed E-state index contributed by atoms with van der Waals surface area (Å²) in [6.07, 6.45) is 3.40. The molecule has 3 nitrogen and oxygen atoms in total. The van der Waals surface area contributed by atoms with Crippen LogP contribution in [0.2, 0.25) is 0 Å². The van der Waals surface area contributed by atoms with E-state index in [1.165, 1.54) is 5.56 Å². The molecule has 1 aromatic rings. The molecule has 1 heterocycles. The third-order valence-electron chi connectivity index (χ3n) is 4.23. The van der Waals surface area contributed by atoms with Gasteiger partial charge in [-0.05, 0) is 24.8 Å². The molecule has 0 spiro atoms. The van der Waals surface area contributed by atoms with Crippen molar-refractivity contribution in [1.29, 1.82) is 0 Å². The molecule has 0 radical (unpaired) electrons. The zero-order valence-corrected chi connectivity index (χ0v) is 14.8. The van der Waals surface area contributed by atoms with Crippen LogP contribution in [0.5, 0.6) is 0 Å². The molecular weight excluding hydrogens is 361 g/mol. The number of hydrogen-bond acceptors (Lipinski definition) is 3. The second kappa shape index (κ2) is 8.49. The maximum atomic E-state index is 4.49. The molecule has 0 atom stereocenters. The Hall–Kier alpha value is -0.780. The number of hydrogen-bond donors (Lipinski definition) is 2. The highest BCUT2D eigenvalue weighted by Gasteiger charge is 2.28. The molecule has 0 aliphatic carbocycles. The van der Waals surface area contributed by atoms with Gasteiger partial charge in [-0.25, -0.2) is 0 Å². The SMILES string of the molecule is CCC(CC)(CNC1=NCCCN1)c1ccccc1.I. The van der Waals surface area contributed by atoms with Crippen molar-refractivity contribution in [3.8, 4) is 0 Å². The fourth-order valence-corrected chi connectivity index (χ4v) is 2.71. The molecule has 1 aliphatic rings. The summed E-state index contributed by atoms with van der Waals surface area (Å²) in [4.78, 5) is 4.49. The maximum Gasteiger partial charge on any atom is 0.191 e. The van der Waals surface area contributed by atoms with Gasteiger partial charge in [0.1, 0.15) is 0 Å². The summed E-state index contributed by atoms with van der Waals surface area (Å²) >= 11 is 0. The molecule has 0 saturated carbocycles. The van der Waals surface area contributed by atoms with E-state index in [1.807, 2.05) is 0 Å². The molecule has 4 heteroatoms. The molecule has 0 aromatic heterocycles. The fraction of sp³-hybridized carbons (Fsp3) is 0.562. The van der Waals surface area contributed by atoms with Crippen molar-refractivity contribution in [2.75, 3.05) is 19.6 Å². The summed E-state index contributed by atoms with van der Waals surface area (Å²) in [6, 6.07) is 10.8. The van der Waals surface area contributed by atoms with Gasteiger partial charge in [-0.2, -0.15) is 0 Å². The third-order valence-corrected chi connectivity index (χ3v) is 4.23. The van der Waals surface area contributed by atoms with Crippen LogP contribution >= 0.6 is 24.0 Å². The summed E-state index contributed by atoms with van der Waals surface area (Å²) in [5.74, 6) is 0.966. The quantitative estimate of drug-likeness (QED) is 0.761. The predicted molar refractivity (Wildman–Crippen MR) is 97.0 cm³/mol. The van der Waals surface area contributed by atoms with Crippen molar-refractivity contribution in [2.24, 2.45) is 4.99 Å². The fourth-order valence-electron chi connectivity index (χ4n) is 2.71. The number of aliphatic imine (C=N–C) groups is 1. The van der Waals surface area contributed by atoms with E-state index in [0.717, 1.165) is 44.9 Å². The standard InChI is InChI=1S/C16H25N3.HI/c1-3-16(4-2,14-9-6-5-7-10-14)13-19-15-17-11-8-12-18-15;/h5-7,9-10H,3-4,8,11-13H2,1-2H3,(H2,17,18,19);1H. The maximum absolute atomic E-state index is 4.49. The molecular formula is C16H26IN3. The first-order chi connectivity index (χ1) is 9.30. The number of nitrogens with one attached hydrogen (secondary N) is 2. The van der Waals surface area contributed by atoms with Crippen LogP contribution < -0.4 is 10.6 Å². The molecule has 112 valence electrons. The van der Waals surface area contributed by atoms with Gasteiger partial charge >= 0.3 is 0 Å². The van der Waals surface area contributed by atoms with Gasteiger partial charge in [0.15, 0.2) is 5.96 Å². The van der Waals surface area contributed by atoms with Gasteiger partial charge in [-0.1, -0.05) is 44.2 Å². The summed E-state index contributed by atoms with van der Waals surface area (Å²) in [5, 5.41) is 6.83. The van der Waals surface area contributed by atoms with Crippen molar-refractivity contribution in [3.63, 3.8) is 0 Å². The Morgan fingerprint density at radius 1 is 1.20 bits per heavy atom. The van der Waals surface area contributed by atoms with Gasteiger partial charge in [0.05, 0.1) is 0 Å². The Balaban J connectivity index is 0.00000200. The van der Waals surface area contributed by atoms with Gasteiger partial charge in [-0.15, -0.1) is 24.0 Å². The van der Waals surface area contributed by atoms with E-state index in [9.17, 15) is 0 Å². The molecule has 0 amide bonds. The number of rotatable bonds is 5. The molecule has 0 bridgehead atoms. The minimum Gasteiger partial charge on any atom is -0.356 e. The highest BCUT2D eigenvalue weighted by molar-refractivity contribution is 14.0. The van der Waals surface area contributed by atoms with Crippen LogP contribution in [0, 0.1) is 0 Å². The van der Waals surface area contributed by atoms with Crippen LogP contribution in [0.1, 0.15) is 38.7 Å². The van der Waals surface area contributed by atoms with E-state index < -0.39 is 0 Å². The van der Waals surface area contributed by atoms with E-state index in [-0.39, 0.29) is 29.4 Å². The zero-order valence-electron chi connectivity index (χ0n) is 12.5. The molecule has 1 aromatic carbocycles. The van der Waals surface area contributed by atoms with Crippen molar-refractivity contribution in [2.45, 2.75) is 38.5 Å². The summed E-state index contributed by atoms with van der Waals surface area (Å²) < 4.78 is 0. The molecule has 0 unspecified atom stereocenters. The van der Waals surface area contributed by atoms with Gasteiger partial charge < -0.3 is 10.6 Å². The van der Waals surface area contributed by atoms with Gasteiger partial charge in [-0.3, -0.25) is 4.99 Å². The zero-order chi connectivity index (χ0) is 13.6. The smallest absolute Gasteiger partial charge is 0.191 e. The molecule has 1 aliphatic heterocycles. The lowest BCUT2D eigenvalue weighted by Crippen LogP contribution is -2.47. The molecule has 20 heavy (non-hydrogen) atoms. The van der Waals surface area contributed by atoms with Crippen LogP contribution in [-0.4, -0.2) is 25.6 Å². The van der Waals surface area contributed by atoms with E-state index >= 15 is 0 Å². The topological polar surface area (TPSA) is 36.4 Å². The molecule has 2 rings (SSSR count). The molecule has 0 saturated heterocycles. The first-order valence-electron chi connectivity index (χ1n) is 7.38. The third kappa shape index (κ3) is 4.11. The van der Waals surface area contributed by atoms with Crippen molar-refractivity contribution >= 4 is 29.9 Å². The van der Waals surface area contributed by atoms with Crippen LogP contribution in [0.4, 0.5) is 0 Å². The van der Waals surface area contributed by atoms with Crippen molar-refractivity contribution in [3.05, 3.63) is 35.9 Å². The highest BCUT2D eigenvalue weighted by atomic mass is 127. The second-order valence-electron chi connectivity index (χ2n) is 5.22. The first kappa shape index (κ1) is 17.3. The van der Waals surface area contributed by atoms with Gasteiger partial charge in [0.25, 0.3) is 0 Å². The van der Waals surface area contributed by atoms with Crippen LogP contribution in [-0.2, 0) is 5.41 Å². The normalized spacial score (nSPS) is 14.8. The molecule has 2 N–H and O–H groups in total. The Bertz CT molecular complexity index is 413. The lowest BCUT2D eigenvalue weighted by Gasteiger charge is -2.33. The largest absolute Gasteiger partial charge is 0.356 e. The monoisotopic (exact) mass is 387 g/mol. The average molecular weight is 387 g/mol. The number of benzene rings is 1. The Kier molecular flexibility index (Phi) is 7.34.